The van der Waals surface area contributed by atoms with Gasteiger partial charge in [-0.15, -0.1) is 0 Å². The van der Waals surface area contributed by atoms with Crippen LogP contribution in [0.25, 0.3) is 33.5 Å². The molecule has 0 bridgehead atoms. The monoisotopic (exact) mass is 389 g/mol. The SMILES string of the molecule is CCN1C(=O)C(C)(C)c2cc3nc(-c4n[nH]c5cc(C(=O)O)ccc45)[nH]c3cc21. The van der Waals surface area contributed by atoms with Crippen LogP contribution in [0.4, 0.5) is 5.69 Å². The third-order valence-electron chi connectivity index (χ3n) is 5.69. The molecule has 0 saturated heterocycles. The van der Waals surface area contributed by atoms with E-state index in [1.807, 2.05) is 32.9 Å². The summed E-state index contributed by atoms with van der Waals surface area (Å²) >= 11 is 0. The van der Waals surface area contributed by atoms with E-state index in [0.29, 0.717) is 23.6 Å². The van der Waals surface area contributed by atoms with Gasteiger partial charge < -0.3 is 15.0 Å². The van der Waals surface area contributed by atoms with E-state index in [2.05, 4.69) is 15.2 Å². The molecule has 0 unspecified atom stereocenters. The Morgan fingerprint density at radius 1 is 1.21 bits per heavy atom. The van der Waals surface area contributed by atoms with E-state index < -0.39 is 11.4 Å². The number of aromatic carboxylic acids is 1. The molecule has 1 aliphatic rings. The molecule has 0 fully saturated rings. The van der Waals surface area contributed by atoms with Crippen LogP contribution in [0.5, 0.6) is 0 Å². The van der Waals surface area contributed by atoms with Crippen LogP contribution in [0.2, 0.25) is 0 Å². The third kappa shape index (κ3) is 2.32. The van der Waals surface area contributed by atoms with Crippen molar-refractivity contribution in [3.05, 3.63) is 41.5 Å². The van der Waals surface area contributed by atoms with Gasteiger partial charge in [0.15, 0.2) is 5.82 Å². The minimum absolute atomic E-state index is 0.0930. The lowest BCUT2D eigenvalue weighted by atomic mass is 9.86. The predicted octanol–water partition coefficient (Wildman–Crippen LogP) is 3.45. The Bertz CT molecular complexity index is 1330. The number of nitrogens with zero attached hydrogens (tertiary/aromatic N) is 3. The number of H-pyrrole nitrogens is 2. The molecule has 0 aliphatic carbocycles. The smallest absolute Gasteiger partial charge is 0.335 e. The van der Waals surface area contributed by atoms with Gasteiger partial charge in [-0.05, 0) is 56.7 Å². The Morgan fingerprint density at radius 3 is 2.72 bits per heavy atom. The van der Waals surface area contributed by atoms with E-state index in [0.717, 1.165) is 27.7 Å². The molecule has 0 spiro atoms. The van der Waals surface area contributed by atoms with E-state index in [-0.39, 0.29) is 11.5 Å². The normalized spacial score (nSPS) is 15.4. The maximum Gasteiger partial charge on any atom is 0.335 e. The second-order valence-electron chi connectivity index (χ2n) is 7.78. The van der Waals surface area contributed by atoms with Crippen molar-refractivity contribution in [1.82, 2.24) is 20.2 Å². The molecule has 1 amide bonds. The highest BCUT2D eigenvalue weighted by molar-refractivity contribution is 6.09. The number of anilines is 1. The minimum Gasteiger partial charge on any atom is -0.478 e. The first-order valence-corrected chi connectivity index (χ1v) is 9.39. The molecule has 3 N–H and O–H groups in total. The van der Waals surface area contributed by atoms with Crippen molar-refractivity contribution in [3.8, 4) is 11.5 Å². The van der Waals surface area contributed by atoms with Crippen molar-refractivity contribution in [2.45, 2.75) is 26.2 Å². The van der Waals surface area contributed by atoms with Gasteiger partial charge in [-0.3, -0.25) is 9.89 Å². The van der Waals surface area contributed by atoms with Crippen molar-refractivity contribution in [2.75, 3.05) is 11.4 Å². The molecule has 4 aromatic rings. The highest BCUT2D eigenvalue weighted by atomic mass is 16.4. The number of aromatic amines is 2. The first kappa shape index (κ1) is 17.4. The summed E-state index contributed by atoms with van der Waals surface area (Å²) in [6.45, 7) is 6.44. The Labute approximate surface area is 165 Å². The molecule has 8 nitrogen and oxygen atoms in total. The Balaban J connectivity index is 1.66. The largest absolute Gasteiger partial charge is 0.478 e. The van der Waals surface area contributed by atoms with Gasteiger partial charge >= 0.3 is 5.97 Å². The molecule has 29 heavy (non-hydrogen) atoms. The van der Waals surface area contributed by atoms with Crippen molar-refractivity contribution in [3.63, 3.8) is 0 Å². The van der Waals surface area contributed by atoms with Gasteiger partial charge in [0.2, 0.25) is 5.91 Å². The van der Waals surface area contributed by atoms with Gasteiger partial charge in [-0.2, -0.15) is 5.10 Å². The number of carboxylic acids is 1. The van der Waals surface area contributed by atoms with Gasteiger partial charge in [0.25, 0.3) is 0 Å². The van der Waals surface area contributed by atoms with E-state index in [1.54, 1.807) is 23.1 Å². The fourth-order valence-electron chi connectivity index (χ4n) is 4.09. The molecule has 146 valence electrons. The average molecular weight is 389 g/mol. The number of nitrogens with one attached hydrogen (secondary N) is 2. The fraction of sp³-hybridized carbons (Fsp3) is 0.238. The van der Waals surface area contributed by atoms with Crippen LogP contribution in [0.15, 0.2) is 30.3 Å². The van der Waals surface area contributed by atoms with Crippen LogP contribution in [0.3, 0.4) is 0 Å². The molecule has 3 heterocycles. The lowest BCUT2D eigenvalue weighted by Crippen LogP contribution is -2.35. The van der Waals surface area contributed by atoms with E-state index in [9.17, 15) is 9.59 Å². The van der Waals surface area contributed by atoms with Crippen LogP contribution >= 0.6 is 0 Å². The number of hydrogen-bond acceptors (Lipinski definition) is 4. The summed E-state index contributed by atoms with van der Waals surface area (Å²) in [5.41, 5.74) is 4.31. The molecule has 8 heteroatoms. The second-order valence-corrected chi connectivity index (χ2v) is 7.78. The van der Waals surface area contributed by atoms with E-state index in [4.69, 9.17) is 10.1 Å². The number of amides is 1. The second kappa shape index (κ2) is 5.66. The fourth-order valence-corrected chi connectivity index (χ4v) is 4.09. The van der Waals surface area contributed by atoms with Gasteiger partial charge in [0, 0.05) is 11.9 Å². The summed E-state index contributed by atoms with van der Waals surface area (Å²) < 4.78 is 0. The number of carboxylic acid groups (broad SMARTS) is 1. The lowest BCUT2D eigenvalue weighted by molar-refractivity contribution is -0.122. The van der Waals surface area contributed by atoms with Crippen molar-refractivity contribution in [2.24, 2.45) is 0 Å². The zero-order valence-electron chi connectivity index (χ0n) is 16.2. The maximum absolute atomic E-state index is 12.7. The standard InChI is InChI=1S/C21H19N5O3/c1-4-26-16-9-15-14(8-12(16)21(2,3)20(26)29)22-18(23-15)17-11-6-5-10(19(27)28)7-13(11)24-25-17/h5-9H,4H2,1-3H3,(H,22,23)(H,24,25)(H,27,28). The Morgan fingerprint density at radius 2 is 2.00 bits per heavy atom. The summed E-state index contributed by atoms with van der Waals surface area (Å²) in [6, 6.07) is 8.77. The number of hydrogen-bond donors (Lipinski definition) is 3. The molecular weight excluding hydrogens is 370 g/mol. The first-order valence-electron chi connectivity index (χ1n) is 9.39. The summed E-state index contributed by atoms with van der Waals surface area (Å²) in [6.07, 6.45) is 0. The van der Waals surface area contributed by atoms with Crippen molar-refractivity contribution >= 4 is 39.5 Å². The van der Waals surface area contributed by atoms with Crippen LogP contribution in [-0.2, 0) is 10.2 Å². The lowest BCUT2D eigenvalue weighted by Gasteiger charge is -2.18. The Hall–Kier alpha value is -3.68. The summed E-state index contributed by atoms with van der Waals surface area (Å²) in [7, 11) is 0. The number of aromatic nitrogens is 4. The number of carbonyl (C=O) groups excluding carboxylic acids is 1. The van der Waals surface area contributed by atoms with Crippen LogP contribution in [-0.4, -0.2) is 43.7 Å². The van der Waals surface area contributed by atoms with Crippen LogP contribution in [0, 0.1) is 0 Å². The predicted molar refractivity (Wildman–Crippen MR) is 109 cm³/mol. The number of likely N-dealkylation sites (N-methyl/N-ethyl adjacent to an activating group) is 1. The summed E-state index contributed by atoms with van der Waals surface area (Å²) in [4.78, 5) is 33.7. The quantitative estimate of drug-likeness (QED) is 0.496. The Kier molecular flexibility index (Phi) is 3.40. The van der Waals surface area contributed by atoms with Crippen LogP contribution in [0.1, 0.15) is 36.7 Å². The molecular formula is C21H19N5O3. The zero-order chi connectivity index (χ0) is 20.5. The van der Waals surface area contributed by atoms with Crippen molar-refractivity contribution < 1.29 is 14.7 Å². The third-order valence-corrected chi connectivity index (χ3v) is 5.69. The molecule has 2 aromatic carbocycles. The molecule has 0 saturated carbocycles. The first-order chi connectivity index (χ1) is 13.8. The van der Waals surface area contributed by atoms with Gasteiger partial charge in [-0.1, -0.05) is 0 Å². The number of carbonyl (C=O) groups is 2. The number of imidazole rings is 1. The highest BCUT2D eigenvalue weighted by Crippen LogP contribution is 2.43. The molecule has 0 radical (unpaired) electrons. The maximum atomic E-state index is 12.7. The van der Waals surface area contributed by atoms with Gasteiger partial charge in [0.05, 0.1) is 33.2 Å². The summed E-state index contributed by atoms with van der Waals surface area (Å²) in [5, 5.41) is 17.2. The van der Waals surface area contributed by atoms with Crippen LogP contribution < -0.4 is 4.90 Å². The number of benzene rings is 2. The number of fused-ring (bicyclic) bond motifs is 3. The molecule has 1 aliphatic heterocycles. The average Bonchev–Trinajstić information content (AvgIpc) is 3.34. The summed E-state index contributed by atoms with van der Waals surface area (Å²) in [5.74, 6) is -0.306. The van der Waals surface area contributed by atoms with Gasteiger partial charge in [-0.25, -0.2) is 9.78 Å². The molecule has 2 aromatic heterocycles. The molecule has 0 atom stereocenters. The minimum atomic E-state index is -0.987. The highest BCUT2D eigenvalue weighted by Gasteiger charge is 2.43. The van der Waals surface area contributed by atoms with Crippen molar-refractivity contribution in [1.29, 1.82) is 0 Å². The number of rotatable bonds is 3. The van der Waals surface area contributed by atoms with Gasteiger partial charge in [0.1, 0.15) is 5.69 Å². The molecule has 5 rings (SSSR count). The van der Waals surface area contributed by atoms with E-state index in [1.165, 1.54) is 0 Å². The van der Waals surface area contributed by atoms with E-state index >= 15 is 0 Å². The zero-order valence-corrected chi connectivity index (χ0v) is 16.2. The topological polar surface area (TPSA) is 115 Å².